The van der Waals surface area contributed by atoms with Gasteiger partial charge in [-0.15, -0.1) is 0 Å². The minimum Gasteiger partial charge on any atom is -0.265 e. The molecule has 1 aromatic heterocycles. The van der Waals surface area contributed by atoms with Crippen LogP contribution < -0.4 is 0 Å². The normalized spacial score (nSPS) is 10.1. The van der Waals surface area contributed by atoms with E-state index in [0.29, 0.717) is 0 Å². The van der Waals surface area contributed by atoms with Gasteiger partial charge in [-0.3, -0.25) is 15.1 Å². The van der Waals surface area contributed by atoms with Crippen molar-refractivity contribution >= 4 is 5.69 Å². The topological polar surface area (TPSA) is 56.0 Å². The third-order valence-corrected chi connectivity index (χ3v) is 2.57. The minimum absolute atomic E-state index is 0.150. The monoisotopic (exact) mass is 228 g/mol. The van der Waals surface area contributed by atoms with E-state index in [1.807, 2.05) is 18.2 Å². The molecule has 0 atom stereocenters. The summed E-state index contributed by atoms with van der Waals surface area (Å²) >= 11 is 0. The molecule has 0 bridgehead atoms. The zero-order valence-electron chi connectivity index (χ0n) is 9.24. The highest BCUT2D eigenvalue weighted by Gasteiger charge is 2.05. The van der Waals surface area contributed by atoms with E-state index in [-0.39, 0.29) is 10.6 Å². The van der Waals surface area contributed by atoms with Gasteiger partial charge in [0.2, 0.25) is 0 Å². The predicted octanol–water partition coefficient (Wildman–Crippen LogP) is 2.78. The molecule has 0 aliphatic rings. The molecule has 0 N–H and O–H groups in total. The van der Waals surface area contributed by atoms with Crippen LogP contribution in [0.2, 0.25) is 0 Å². The molecular weight excluding hydrogens is 216 g/mol. The van der Waals surface area contributed by atoms with Crippen molar-refractivity contribution in [2.24, 2.45) is 0 Å². The summed E-state index contributed by atoms with van der Waals surface area (Å²) in [5.74, 6) is 0. The number of non-ortho nitro benzene ring substituents is 1. The molecule has 2 aromatic rings. The number of nitro benzene ring substituents is 1. The van der Waals surface area contributed by atoms with E-state index in [1.54, 1.807) is 24.5 Å². The summed E-state index contributed by atoms with van der Waals surface area (Å²) in [4.78, 5) is 14.2. The van der Waals surface area contributed by atoms with Gasteiger partial charge in [0.25, 0.3) is 5.69 Å². The second kappa shape index (κ2) is 5.21. The van der Waals surface area contributed by atoms with Crippen molar-refractivity contribution in [3.63, 3.8) is 0 Å². The average molecular weight is 228 g/mol. The molecule has 0 unspecified atom stereocenters. The quantitative estimate of drug-likeness (QED) is 0.597. The molecule has 0 aliphatic carbocycles. The van der Waals surface area contributed by atoms with Crippen molar-refractivity contribution in [3.05, 3.63) is 70.0 Å². The Kier molecular flexibility index (Phi) is 3.45. The summed E-state index contributed by atoms with van der Waals surface area (Å²) in [6.07, 6.45) is 5.17. The van der Waals surface area contributed by atoms with E-state index in [4.69, 9.17) is 0 Å². The third-order valence-electron chi connectivity index (χ3n) is 2.57. The number of benzene rings is 1. The molecule has 0 spiro atoms. The van der Waals surface area contributed by atoms with Crippen molar-refractivity contribution in [2.75, 3.05) is 0 Å². The Hall–Kier alpha value is -2.23. The molecule has 1 heterocycles. The Morgan fingerprint density at radius 3 is 2.47 bits per heavy atom. The summed E-state index contributed by atoms with van der Waals surface area (Å²) in [6, 6.07) is 10.7. The molecule has 0 aliphatic heterocycles. The van der Waals surface area contributed by atoms with Gasteiger partial charge in [-0.05, 0) is 36.1 Å². The fraction of sp³-hybridized carbons (Fsp3) is 0.154. The molecule has 0 saturated carbocycles. The first-order valence-corrected chi connectivity index (χ1v) is 5.38. The maximum Gasteiger partial charge on any atom is 0.269 e. The molecule has 4 nitrogen and oxygen atoms in total. The highest BCUT2D eigenvalue weighted by molar-refractivity contribution is 5.34. The maximum atomic E-state index is 10.6. The Labute approximate surface area is 99.1 Å². The number of hydrogen-bond donors (Lipinski definition) is 0. The fourth-order valence-electron chi connectivity index (χ4n) is 1.66. The molecule has 86 valence electrons. The summed E-state index contributed by atoms with van der Waals surface area (Å²) < 4.78 is 0. The second-order valence-electron chi connectivity index (χ2n) is 3.78. The number of pyridine rings is 1. The smallest absolute Gasteiger partial charge is 0.265 e. The van der Waals surface area contributed by atoms with Crippen LogP contribution in [0.25, 0.3) is 0 Å². The summed E-state index contributed by atoms with van der Waals surface area (Å²) in [5.41, 5.74) is 2.32. The Balaban J connectivity index is 2.04. The number of nitro groups is 1. The zero-order valence-corrected chi connectivity index (χ0v) is 9.24. The molecule has 0 amide bonds. The Morgan fingerprint density at radius 2 is 1.76 bits per heavy atom. The molecule has 0 saturated heterocycles. The van der Waals surface area contributed by atoms with E-state index < -0.39 is 0 Å². The average Bonchev–Trinajstić information content (AvgIpc) is 2.38. The number of aromatic nitrogens is 1. The van der Waals surface area contributed by atoms with Crippen LogP contribution in [0.4, 0.5) is 5.69 Å². The van der Waals surface area contributed by atoms with E-state index in [0.717, 1.165) is 18.4 Å². The fourth-order valence-corrected chi connectivity index (χ4v) is 1.66. The third kappa shape index (κ3) is 3.11. The maximum absolute atomic E-state index is 10.6. The Morgan fingerprint density at radius 1 is 1.06 bits per heavy atom. The summed E-state index contributed by atoms with van der Waals surface area (Å²) in [7, 11) is 0. The standard InChI is InChI=1S/C13H12N2O2/c16-15(17)13-3-1-2-12(10-13)5-4-11-6-8-14-9-7-11/h1-3,6-10H,4-5H2. The van der Waals surface area contributed by atoms with Gasteiger partial charge in [0.05, 0.1) is 4.92 Å². The van der Waals surface area contributed by atoms with E-state index in [2.05, 4.69) is 4.98 Å². The van der Waals surface area contributed by atoms with Crippen molar-refractivity contribution in [1.29, 1.82) is 0 Å². The predicted molar refractivity (Wildman–Crippen MR) is 64.7 cm³/mol. The summed E-state index contributed by atoms with van der Waals surface area (Å²) in [5, 5.41) is 10.6. The van der Waals surface area contributed by atoms with Crippen LogP contribution >= 0.6 is 0 Å². The molecule has 17 heavy (non-hydrogen) atoms. The van der Waals surface area contributed by atoms with Gasteiger partial charge in [0.1, 0.15) is 0 Å². The number of rotatable bonds is 4. The lowest BCUT2D eigenvalue weighted by Crippen LogP contribution is -1.93. The lowest BCUT2D eigenvalue weighted by molar-refractivity contribution is -0.384. The lowest BCUT2D eigenvalue weighted by Gasteiger charge is -2.01. The molecule has 0 radical (unpaired) electrons. The van der Waals surface area contributed by atoms with Gasteiger partial charge in [0, 0.05) is 24.5 Å². The highest BCUT2D eigenvalue weighted by Crippen LogP contribution is 2.14. The second-order valence-corrected chi connectivity index (χ2v) is 3.78. The van der Waals surface area contributed by atoms with E-state index in [9.17, 15) is 10.1 Å². The van der Waals surface area contributed by atoms with E-state index in [1.165, 1.54) is 11.6 Å². The van der Waals surface area contributed by atoms with Crippen molar-refractivity contribution in [2.45, 2.75) is 12.8 Å². The van der Waals surface area contributed by atoms with Gasteiger partial charge in [-0.1, -0.05) is 12.1 Å². The first-order chi connectivity index (χ1) is 8.25. The lowest BCUT2D eigenvalue weighted by atomic mass is 10.1. The van der Waals surface area contributed by atoms with Crippen LogP contribution in [0.5, 0.6) is 0 Å². The molecule has 1 aromatic carbocycles. The van der Waals surface area contributed by atoms with Gasteiger partial charge in [0.15, 0.2) is 0 Å². The van der Waals surface area contributed by atoms with Crippen molar-refractivity contribution < 1.29 is 4.92 Å². The van der Waals surface area contributed by atoms with Crippen LogP contribution in [0, 0.1) is 10.1 Å². The van der Waals surface area contributed by atoms with Crippen LogP contribution in [-0.4, -0.2) is 9.91 Å². The van der Waals surface area contributed by atoms with Gasteiger partial charge in [-0.2, -0.15) is 0 Å². The first-order valence-electron chi connectivity index (χ1n) is 5.38. The molecule has 0 fully saturated rings. The molecule has 4 heteroatoms. The number of aryl methyl sites for hydroxylation is 2. The first kappa shape index (κ1) is 11.3. The molecule has 2 rings (SSSR count). The SMILES string of the molecule is O=[N+]([O-])c1cccc(CCc2ccncc2)c1. The van der Waals surface area contributed by atoms with Crippen molar-refractivity contribution in [1.82, 2.24) is 4.98 Å². The number of nitrogens with zero attached hydrogens (tertiary/aromatic N) is 2. The van der Waals surface area contributed by atoms with Crippen LogP contribution in [0.1, 0.15) is 11.1 Å². The van der Waals surface area contributed by atoms with Crippen LogP contribution in [-0.2, 0) is 12.8 Å². The largest absolute Gasteiger partial charge is 0.269 e. The Bertz CT molecular complexity index is 512. The zero-order chi connectivity index (χ0) is 12.1. The van der Waals surface area contributed by atoms with E-state index >= 15 is 0 Å². The highest BCUT2D eigenvalue weighted by atomic mass is 16.6. The van der Waals surface area contributed by atoms with Crippen LogP contribution in [0.15, 0.2) is 48.8 Å². The number of hydrogen-bond acceptors (Lipinski definition) is 3. The van der Waals surface area contributed by atoms with Gasteiger partial charge < -0.3 is 0 Å². The van der Waals surface area contributed by atoms with Crippen molar-refractivity contribution in [3.8, 4) is 0 Å². The van der Waals surface area contributed by atoms with Gasteiger partial charge >= 0.3 is 0 Å². The van der Waals surface area contributed by atoms with Crippen LogP contribution in [0.3, 0.4) is 0 Å². The molecular formula is C13H12N2O2. The summed E-state index contributed by atoms with van der Waals surface area (Å²) in [6.45, 7) is 0. The minimum atomic E-state index is -0.365. The van der Waals surface area contributed by atoms with Gasteiger partial charge in [-0.25, -0.2) is 0 Å².